The zero-order chi connectivity index (χ0) is 15.6. The van der Waals surface area contributed by atoms with E-state index >= 15 is 0 Å². The summed E-state index contributed by atoms with van der Waals surface area (Å²) >= 11 is 0. The third-order valence-electron chi connectivity index (χ3n) is 5.24. The molecule has 0 amide bonds. The number of anilines is 1. The lowest BCUT2D eigenvalue weighted by Gasteiger charge is -2.29. The van der Waals surface area contributed by atoms with E-state index in [1.807, 2.05) is 12.4 Å². The third-order valence-corrected chi connectivity index (χ3v) is 5.24. The average molecular weight is 323 g/mol. The summed E-state index contributed by atoms with van der Waals surface area (Å²) in [5.41, 5.74) is 5.04. The molecule has 0 radical (unpaired) electrons. The van der Waals surface area contributed by atoms with Gasteiger partial charge in [-0.15, -0.1) is 0 Å². The maximum atomic E-state index is 4.52. The van der Waals surface area contributed by atoms with E-state index in [4.69, 9.17) is 0 Å². The van der Waals surface area contributed by atoms with Crippen molar-refractivity contribution in [2.75, 3.05) is 37.6 Å². The van der Waals surface area contributed by atoms with Crippen molar-refractivity contribution in [2.24, 2.45) is 5.92 Å². The van der Waals surface area contributed by atoms with Crippen LogP contribution in [0.2, 0.25) is 0 Å². The van der Waals surface area contributed by atoms with Crippen LogP contribution in [0, 0.1) is 12.8 Å². The van der Waals surface area contributed by atoms with Gasteiger partial charge < -0.3 is 9.80 Å². The van der Waals surface area contributed by atoms with Gasteiger partial charge in [-0.25, -0.2) is 0 Å². The van der Waals surface area contributed by atoms with Crippen molar-refractivity contribution in [3.8, 4) is 11.1 Å². The maximum Gasteiger partial charge on any atom is 0.0559 e. The lowest BCUT2D eigenvalue weighted by molar-refractivity contribution is 0.201. The second-order valence-corrected chi connectivity index (χ2v) is 7.05. The smallest absolute Gasteiger partial charge is 0.0559 e. The highest BCUT2D eigenvalue weighted by Crippen LogP contribution is 2.27. The predicted molar refractivity (Wildman–Crippen MR) is 103 cm³/mol. The summed E-state index contributed by atoms with van der Waals surface area (Å²) in [6, 6.07) is 11.0. The first-order chi connectivity index (χ1) is 11.3. The van der Waals surface area contributed by atoms with Gasteiger partial charge in [-0.1, -0.05) is 37.3 Å². The predicted octanol–water partition coefficient (Wildman–Crippen LogP) is 4.23. The van der Waals surface area contributed by atoms with Crippen LogP contribution in [0.15, 0.2) is 42.7 Å². The molecule has 0 saturated carbocycles. The van der Waals surface area contributed by atoms with Gasteiger partial charge in [-0.05, 0) is 43.9 Å². The SMILES string of the molecule is C.Cc1ccc(-c2cncc(N3CCN4CCCC(C4)C3)c2)cc1. The highest BCUT2D eigenvalue weighted by molar-refractivity contribution is 5.67. The molecule has 0 aliphatic carbocycles. The van der Waals surface area contributed by atoms with Crippen molar-refractivity contribution >= 4 is 5.69 Å². The molecule has 2 aromatic rings. The molecule has 0 spiro atoms. The number of aryl methyl sites for hydroxylation is 1. The lowest BCUT2D eigenvalue weighted by Crippen LogP contribution is -2.35. The van der Waals surface area contributed by atoms with Crippen molar-refractivity contribution in [3.05, 3.63) is 48.3 Å². The van der Waals surface area contributed by atoms with Gasteiger partial charge in [0.15, 0.2) is 0 Å². The van der Waals surface area contributed by atoms with E-state index in [1.54, 1.807) is 0 Å². The van der Waals surface area contributed by atoms with Crippen molar-refractivity contribution in [3.63, 3.8) is 0 Å². The number of aromatic nitrogens is 1. The van der Waals surface area contributed by atoms with Crippen LogP contribution in [0.1, 0.15) is 25.8 Å². The van der Waals surface area contributed by atoms with Crippen LogP contribution < -0.4 is 4.90 Å². The van der Waals surface area contributed by atoms with E-state index < -0.39 is 0 Å². The molecular weight excluding hydrogens is 294 g/mol. The molecule has 2 bridgehead atoms. The number of rotatable bonds is 2. The van der Waals surface area contributed by atoms with Gasteiger partial charge in [0.05, 0.1) is 11.9 Å². The standard InChI is InChI=1S/C20H25N3.CH4/c1-16-4-6-18(7-5-16)19-11-20(13-21-12-19)23-10-9-22-8-2-3-17(14-22)15-23;/h4-7,11-13,17H,2-3,8-10,14-15H2,1H3;1H4. The Morgan fingerprint density at radius 1 is 0.958 bits per heavy atom. The molecule has 2 aliphatic heterocycles. The van der Waals surface area contributed by atoms with Crippen LogP contribution in [-0.2, 0) is 0 Å². The molecule has 1 aromatic carbocycles. The number of benzene rings is 1. The summed E-state index contributed by atoms with van der Waals surface area (Å²) in [7, 11) is 0. The van der Waals surface area contributed by atoms with E-state index in [2.05, 4.69) is 52.0 Å². The van der Waals surface area contributed by atoms with Gasteiger partial charge in [0, 0.05) is 37.9 Å². The average Bonchev–Trinajstić information content (AvgIpc) is 2.73. The topological polar surface area (TPSA) is 19.4 Å². The first-order valence-electron chi connectivity index (χ1n) is 8.77. The van der Waals surface area contributed by atoms with Gasteiger partial charge in [0.25, 0.3) is 0 Å². The second kappa shape index (κ2) is 7.35. The molecule has 1 aromatic heterocycles. The molecule has 3 nitrogen and oxygen atoms in total. The van der Waals surface area contributed by atoms with Gasteiger partial charge in [0.2, 0.25) is 0 Å². The van der Waals surface area contributed by atoms with Gasteiger partial charge in [-0.2, -0.15) is 0 Å². The Balaban J connectivity index is 0.00000169. The molecule has 4 rings (SSSR count). The van der Waals surface area contributed by atoms with Gasteiger partial charge in [0.1, 0.15) is 0 Å². The minimum absolute atomic E-state index is 0. The Kier molecular flexibility index (Phi) is 5.20. The summed E-state index contributed by atoms with van der Waals surface area (Å²) in [4.78, 5) is 9.69. The van der Waals surface area contributed by atoms with E-state index in [0.29, 0.717) is 0 Å². The second-order valence-electron chi connectivity index (χ2n) is 7.05. The van der Waals surface area contributed by atoms with Crippen LogP contribution in [0.4, 0.5) is 5.69 Å². The molecule has 2 aliphatic rings. The molecule has 2 fully saturated rings. The number of fused-ring (bicyclic) bond motifs is 2. The Labute approximate surface area is 146 Å². The summed E-state index contributed by atoms with van der Waals surface area (Å²) in [6.07, 6.45) is 6.74. The molecule has 2 unspecified atom stereocenters. The minimum atomic E-state index is 0. The number of hydrogen-bond donors (Lipinski definition) is 0. The van der Waals surface area contributed by atoms with E-state index in [-0.39, 0.29) is 7.43 Å². The van der Waals surface area contributed by atoms with Gasteiger partial charge in [-0.3, -0.25) is 4.98 Å². The van der Waals surface area contributed by atoms with Crippen molar-refractivity contribution in [1.82, 2.24) is 9.88 Å². The van der Waals surface area contributed by atoms with Crippen LogP contribution in [-0.4, -0.2) is 42.6 Å². The Hall–Kier alpha value is -1.87. The normalized spacial score (nSPS) is 23.3. The zero-order valence-corrected chi connectivity index (χ0v) is 13.9. The molecule has 0 N–H and O–H groups in total. The number of hydrogen-bond acceptors (Lipinski definition) is 3. The Bertz CT molecular complexity index is 665. The van der Waals surface area contributed by atoms with E-state index in [0.717, 1.165) is 12.5 Å². The van der Waals surface area contributed by atoms with Crippen LogP contribution in [0.25, 0.3) is 11.1 Å². The first-order valence-corrected chi connectivity index (χ1v) is 8.77. The van der Waals surface area contributed by atoms with Crippen molar-refractivity contribution in [1.29, 1.82) is 0 Å². The molecule has 2 atom stereocenters. The maximum absolute atomic E-state index is 4.52. The third kappa shape index (κ3) is 3.62. The Morgan fingerprint density at radius 2 is 1.79 bits per heavy atom. The summed E-state index contributed by atoms with van der Waals surface area (Å²) in [5, 5.41) is 0. The number of pyridine rings is 1. The van der Waals surface area contributed by atoms with Crippen LogP contribution >= 0.6 is 0 Å². The fourth-order valence-corrected chi connectivity index (χ4v) is 3.91. The Morgan fingerprint density at radius 3 is 2.62 bits per heavy atom. The number of nitrogens with zero attached hydrogens (tertiary/aromatic N) is 3. The summed E-state index contributed by atoms with van der Waals surface area (Å²) in [6.45, 7) is 8.17. The molecular formula is C21H29N3. The fourth-order valence-electron chi connectivity index (χ4n) is 3.91. The molecule has 2 saturated heterocycles. The lowest BCUT2D eigenvalue weighted by atomic mass is 9.98. The van der Waals surface area contributed by atoms with Crippen LogP contribution in [0.5, 0.6) is 0 Å². The zero-order valence-electron chi connectivity index (χ0n) is 13.9. The van der Waals surface area contributed by atoms with Gasteiger partial charge >= 0.3 is 0 Å². The van der Waals surface area contributed by atoms with Crippen molar-refractivity contribution in [2.45, 2.75) is 27.2 Å². The van der Waals surface area contributed by atoms with Crippen LogP contribution in [0.3, 0.4) is 0 Å². The minimum Gasteiger partial charge on any atom is -0.369 e. The highest BCUT2D eigenvalue weighted by atomic mass is 15.2. The quantitative estimate of drug-likeness (QED) is 0.824. The van der Waals surface area contributed by atoms with E-state index in [9.17, 15) is 0 Å². The monoisotopic (exact) mass is 323 g/mol. The molecule has 3 heteroatoms. The first kappa shape index (κ1) is 17.0. The fraction of sp³-hybridized carbons (Fsp3) is 0.476. The van der Waals surface area contributed by atoms with E-state index in [1.165, 1.54) is 61.4 Å². The summed E-state index contributed by atoms with van der Waals surface area (Å²) < 4.78 is 0. The number of piperidine rings is 1. The molecule has 24 heavy (non-hydrogen) atoms. The highest BCUT2D eigenvalue weighted by Gasteiger charge is 2.26. The molecule has 3 heterocycles. The largest absolute Gasteiger partial charge is 0.369 e. The molecule has 128 valence electrons. The van der Waals surface area contributed by atoms with Crippen molar-refractivity contribution < 1.29 is 0 Å². The summed E-state index contributed by atoms with van der Waals surface area (Å²) in [5.74, 6) is 0.814.